The van der Waals surface area contributed by atoms with Crippen LogP contribution in [0.4, 0.5) is 9.59 Å². The Labute approximate surface area is 153 Å². The monoisotopic (exact) mass is 362 g/mol. The van der Waals surface area contributed by atoms with Gasteiger partial charge in [-0.1, -0.05) is 30.3 Å². The van der Waals surface area contributed by atoms with E-state index in [0.717, 1.165) is 5.56 Å². The van der Waals surface area contributed by atoms with E-state index in [0.29, 0.717) is 13.0 Å². The Morgan fingerprint density at radius 3 is 2.58 bits per heavy atom. The average molecular weight is 362 g/mol. The molecule has 26 heavy (non-hydrogen) atoms. The van der Waals surface area contributed by atoms with Crippen LogP contribution in [0.15, 0.2) is 30.3 Å². The number of likely N-dealkylation sites (tertiary alicyclic amines) is 1. The molecule has 1 aromatic carbocycles. The Morgan fingerprint density at radius 1 is 1.23 bits per heavy atom. The lowest BCUT2D eigenvalue weighted by Gasteiger charge is -2.28. The maximum Gasteiger partial charge on any atom is 0.410 e. The van der Waals surface area contributed by atoms with Crippen molar-refractivity contribution < 1.29 is 23.9 Å². The SMILES string of the molecule is CC(C)(C)OC(=O)N1CC(=O)C[C@H]1CCNC(=O)OCc1ccccc1. The number of ketones is 1. The number of nitrogens with zero attached hydrogens (tertiary/aromatic N) is 1. The Morgan fingerprint density at radius 2 is 1.92 bits per heavy atom. The van der Waals surface area contributed by atoms with E-state index in [9.17, 15) is 14.4 Å². The Hall–Kier alpha value is -2.57. The number of carbonyl (C=O) groups excluding carboxylic acids is 3. The summed E-state index contributed by atoms with van der Waals surface area (Å²) in [5.74, 6) is -0.00693. The molecule has 1 aliphatic rings. The molecule has 1 aromatic rings. The topological polar surface area (TPSA) is 84.9 Å². The molecule has 1 fully saturated rings. The van der Waals surface area contributed by atoms with Crippen molar-refractivity contribution in [3.05, 3.63) is 35.9 Å². The Balaban J connectivity index is 1.75. The van der Waals surface area contributed by atoms with E-state index in [1.807, 2.05) is 30.3 Å². The van der Waals surface area contributed by atoms with Crippen molar-refractivity contribution in [1.29, 1.82) is 0 Å². The zero-order valence-electron chi connectivity index (χ0n) is 15.5. The van der Waals surface area contributed by atoms with Crippen LogP contribution in [0, 0.1) is 0 Å². The van der Waals surface area contributed by atoms with Crippen molar-refractivity contribution in [2.75, 3.05) is 13.1 Å². The first-order valence-corrected chi connectivity index (χ1v) is 8.70. The highest BCUT2D eigenvalue weighted by Crippen LogP contribution is 2.20. The summed E-state index contributed by atoms with van der Waals surface area (Å²) in [4.78, 5) is 37.1. The molecule has 0 aromatic heterocycles. The lowest BCUT2D eigenvalue weighted by molar-refractivity contribution is -0.117. The van der Waals surface area contributed by atoms with Gasteiger partial charge in [0.1, 0.15) is 12.2 Å². The summed E-state index contributed by atoms with van der Waals surface area (Å²) in [5.41, 5.74) is 0.285. The molecule has 142 valence electrons. The maximum atomic E-state index is 12.2. The molecule has 2 amide bonds. The number of ether oxygens (including phenoxy) is 2. The fraction of sp³-hybridized carbons (Fsp3) is 0.526. The number of hydrogen-bond acceptors (Lipinski definition) is 5. The molecule has 2 rings (SSSR count). The number of amides is 2. The van der Waals surface area contributed by atoms with E-state index in [-0.39, 0.29) is 31.4 Å². The van der Waals surface area contributed by atoms with Crippen LogP contribution in [0.25, 0.3) is 0 Å². The smallest absolute Gasteiger partial charge is 0.410 e. The van der Waals surface area contributed by atoms with Crippen LogP contribution in [0.1, 0.15) is 39.2 Å². The lowest BCUT2D eigenvalue weighted by Crippen LogP contribution is -2.41. The van der Waals surface area contributed by atoms with Crippen molar-refractivity contribution in [3.63, 3.8) is 0 Å². The van der Waals surface area contributed by atoms with Crippen molar-refractivity contribution in [1.82, 2.24) is 10.2 Å². The van der Waals surface area contributed by atoms with Gasteiger partial charge in [-0.05, 0) is 32.8 Å². The van der Waals surface area contributed by atoms with E-state index in [1.54, 1.807) is 20.8 Å². The van der Waals surface area contributed by atoms with Crippen LogP contribution < -0.4 is 5.32 Å². The molecular weight excluding hydrogens is 336 g/mol. The maximum absolute atomic E-state index is 12.2. The largest absolute Gasteiger partial charge is 0.445 e. The van der Waals surface area contributed by atoms with Crippen molar-refractivity contribution >= 4 is 18.0 Å². The van der Waals surface area contributed by atoms with Crippen molar-refractivity contribution in [3.8, 4) is 0 Å². The van der Waals surface area contributed by atoms with Crippen LogP contribution in [0.5, 0.6) is 0 Å². The molecule has 0 bridgehead atoms. The fourth-order valence-electron chi connectivity index (χ4n) is 2.66. The quantitative estimate of drug-likeness (QED) is 0.870. The average Bonchev–Trinajstić information content (AvgIpc) is 2.93. The first-order valence-electron chi connectivity index (χ1n) is 8.70. The molecule has 1 atom stereocenters. The number of nitrogens with one attached hydrogen (secondary N) is 1. The van der Waals surface area contributed by atoms with Gasteiger partial charge < -0.3 is 14.8 Å². The normalized spacial score (nSPS) is 17.1. The number of benzene rings is 1. The molecule has 0 aliphatic carbocycles. The van der Waals surface area contributed by atoms with E-state index in [2.05, 4.69) is 5.32 Å². The second kappa shape index (κ2) is 8.69. The predicted octanol–water partition coefficient (Wildman–Crippen LogP) is 2.88. The minimum Gasteiger partial charge on any atom is -0.445 e. The van der Waals surface area contributed by atoms with Crippen molar-refractivity contribution in [2.24, 2.45) is 0 Å². The summed E-state index contributed by atoms with van der Waals surface area (Å²) >= 11 is 0. The number of rotatable bonds is 5. The lowest BCUT2D eigenvalue weighted by atomic mass is 10.1. The predicted molar refractivity (Wildman–Crippen MR) is 95.6 cm³/mol. The van der Waals surface area contributed by atoms with Crippen LogP contribution in [0.2, 0.25) is 0 Å². The van der Waals surface area contributed by atoms with Gasteiger partial charge in [0.25, 0.3) is 0 Å². The van der Waals surface area contributed by atoms with Gasteiger partial charge in [0.2, 0.25) is 0 Å². The molecule has 7 nitrogen and oxygen atoms in total. The third-order valence-corrected chi connectivity index (χ3v) is 3.84. The molecule has 1 saturated heterocycles. The van der Waals surface area contributed by atoms with E-state index in [4.69, 9.17) is 9.47 Å². The minimum absolute atomic E-state index is 0.00693. The highest BCUT2D eigenvalue weighted by atomic mass is 16.6. The van der Waals surface area contributed by atoms with Crippen LogP contribution in [0.3, 0.4) is 0 Å². The molecular formula is C19H26N2O5. The summed E-state index contributed by atoms with van der Waals surface area (Å²) in [5, 5.41) is 2.65. The third kappa shape index (κ3) is 6.38. The third-order valence-electron chi connectivity index (χ3n) is 3.84. The van der Waals surface area contributed by atoms with Gasteiger partial charge in [-0.2, -0.15) is 0 Å². The summed E-state index contributed by atoms with van der Waals surface area (Å²) in [6, 6.07) is 9.11. The summed E-state index contributed by atoms with van der Waals surface area (Å²) < 4.78 is 10.5. The molecule has 7 heteroatoms. The van der Waals surface area contributed by atoms with Gasteiger partial charge in [-0.15, -0.1) is 0 Å². The Kier molecular flexibility index (Phi) is 6.60. The molecule has 1 N–H and O–H groups in total. The zero-order chi connectivity index (χ0) is 19.2. The molecule has 0 saturated carbocycles. The molecule has 0 unspecified atom stereocenters. The molecule has 1 aliphatic heterocycles. The highest BCUT2D eigenvalue weighted by Gasteiger charge is 2.36. The minimum atomic E-state index is -0.618. The number of hydrogen-bond donors (Lipinski definition) is 1. The van der Waals surface area contributed by atoms with Crippen molar-refractivity contribution in [2.45, 2.75) is 51.9 Å². The van der Waals surface area contributed by atoms with E-state index >= 15 is 0 Å². The first kappa shape index (κ1) is 19.8. The van der Waals surface area contributed by atoms with Gasteiger partial charge in [-0.25, -0.2) is 9.59 Å². The summed E-state index contributed by atoms with van der Waals surface area (Å²) in [7, 11) is 0. The molecule has 0 spiro atoms. The van der Waals surface area contributed by atoms with E-state index < -0.39 is 17.8 Å². The highest BCUT2D eigenvalue weighted by molar-refractivity contribution is 5.88. The second-order valence-corrected chi connectivity index (χ2v) is 7.28. The van der Waals surface area contributed by atoms with Crippen LogP contribution >= 0.6 is 0 Å². The number of Topliss-reactive ketones (excluding diaryl/α,β-unsaturated/α-hetero) is 1. The first-order chi connectivity index (χ1) is 12.2. The number of carbonyl (C=O) groups is 3. The van der Waals surface area contributed by atoms with Gasteiger partial charge in [0, 0.05) is 19.0 Å². The molecule has 0 radical (unpaired) electrons. The van der Waals surface area contributed by atoms with E-state index in [1.165, 1.54) is 4.90 Å². The Bertz CT molecular complexity index is 639. The summed E-state index contributed by atoms with van der Waals surface area (Å²) in [6.07, 6.45) is -0.284. The molecule has 1 heterocycles. The van der Waals surface area contributed by atoms with Gasteiger partial charge in [0.05, 0.1) is 6.54 Å². The summed E-state index contributed by atoms with van der Waals surface area (Å²) in [6.45, 7) is 5.90. The fourth-order valence-corrected chi connectivity index (χ4v) is 2.66. The second-order valence-electron chi connectivity index (χ2n) is 7.28. The van der Waals surface area contributed by atoms with Gasteiger partial charge in [-0.3, -0.25) is 9.69 Å². The van der Waals surface area contributed by atoms with Crippen LogP contribution in [-0.4, -0.2) is 47.6 Å². The standard InChI is InChI=1S/C19H26N2O5/c1-19(2,3)26-18(24)21-12-16(22)11-15(21)9-10-20-17(23)25-13-14-7-5-4-6-8-14/h4-8,15H,9-13H2,1-3H3,(H,20,23)/t15-/m1/s1. The van der Waals surface area contributed by atoms with Crippen LogP contribution in [-0.2, 0) is 20.9 Å². The van der Waals surface area contributed by atoms with Gasteiger partial charge >= 0.3 is 12.2 Å². The zero-order valence-corrected chi connectivity index (χ0v) is 15.5. The number of alkyl carbamates (subject to hydrolysis) is 1. The van der Waals surface area contributed by atoms with Gasteiger partial charge in [0.15, 0.2) is 5.78 Å².